The van der Waals surface area contributed by atoms with Crippen molar-refractivity contribution in [1.82, 2.24) is 9.80 Å². The second-order valence-electron chi connectivity index (χ2n) is 13.6. The SMILES string of the molecule is C=CCCOC(=O)[C@@H]1[C@H]2C(=O)N(CCCCCO)C(C(=O)N(CC=C)C(C)(C)CC(C)(C)C)C23CC[C@@]1(C)O3. The lowest BCUT2D eigenvalue weighted by Gasteiger charge is -2.45. The third kappa shape index (κ3) is 5.97. The van der Waals surface area contributed by atoms with E-state index in [0.717, 1.165) is 12.8 Å². The minimum atomic E-state index is -1.08. The van der Waals surface area contributed by atoms with Gasteiger partial charge >= 0.3 is 5.97 Å². The number of nitrogens with zero attached hydrogens (tertiary/aromatic N) is 2. The molecule has 0 aromatic rings. The highest BCUT2D eigenvalue weighted by molar-refractivity contribution is 5.98. The van der Waals surface area contributed by atoms with Gasteiger partial charge in [-0.3, -0.25) is 14.4 Å². The number of fused-ring (bicyclic) bond motifs is 1. The number of hydrogen-bond donors (Lipinski definition) is 1. The van der Waals surface area contributed by atoms with E-state index in [9.17, 15) is 19.5 Å². The summed E-state index contributed by atoms with van der Waals surface area (Å²) in [7, 11) is 0. The summed E-state index contributed by atoms with van der Waals surface area (Å²) in [6.45, 7) is 21.0. The van der Waals surface area contributed by atoms with E-state index in [1.54, 1.807) is 17.1 Å². The second kappa shape index (κ2) is 11.7. The molecule has 2 unspecified atom stereocenters. The van der Waals surface area contributed by atoms with Crippen molar-refractivity contribution >= 4 is 17.8 Å². The van der Waals surface area contributed by atoms with Gasteiger partial charge in [0, 0.05) is 25.2 Å². The molecule has 3 fully saturated rings. The van der Waals surface area contributed by atoms with Crippen LogP contribution in [0.25, 0.3) is 0 Å². The van der Waals surface area contributed by atoms with E-state index in [1.807, 2.05) is 11.8 Å². The molecule has 2 amide bonds. The lowest BCUT2D eigenvalue weighted by Crippen LogP contribution is -2.61. The Bertz CT molecular complexity index is 955. The smallest absolute Gasteiger partial charge is 0.312 e. The minimum absolute atomic E-state index is 0.0322. The standard InChI is InChI=1S/C31H50N2O6/c1-9-11-20-38-27(37)23-22-25(35)32(18-13-12-14-19-34)24(31(22)16-15-30(23,8)39-31)26(36)33(17-10-2)29(6,7)21-28(3,4)5/h9-10,22-24,34H,1-2,11-21H2,3-8H3/t22-,23-,24?,30+,31?/m0/s1. The molecule has 3 rings (SSSR count). The van der Waals surface area contributed by atoms with Crippen LogP contribution in [0.15, 0.2) is 25.3 Å². The van der Waals surface area contributed by atoms with Gasteiger partial charge in [-0.15, -0.1) is 13.2 Å². The number of likely N-dealkylation sites (tertiary alicyclic amines) is 1. The molecule has 3 heterocycles. The number of rotatable bonds is 14. The van der Waals surface area contributed by atoms with Crippen LogP contribution in [0.2, 0.25) is 0 Å². The molecule has 2 bridgehead atoms. The van der Waals surface area contributed by atoms with Gasteiger partial charge in [-0.25, -0.2) is 0 Å². The quantitative estimate of drug-likeness (QED) is 0.199. The van der Waals surface area contributed by atoms with Gasteiger partial charge in [0.1, 0.15) is 17.6 Å². The van der Waals surface area contributed by atoms with Crippen LogP contribution in [0.4, 0.5) is 0 Å². The van der Waals surface area contributed by atoms with E-state index < -0.39 is 40.6 Å². The summed E-state index contributed by atoms with van der Waals surface area (Å²) < 4.78 is 12.3. The van der Waals surface area contributed by atoms with Crippen molar-refractivity contribution in [3.05, 3.63) is 25.3 Å². The van der Waals surface area contributed by atoms with Crippen molar-refractivity contribution in [2.24, 2.45) is 17.3 Å². The van der Waals surface area contributed by atoms with E-state index >= 15 is 0 Å². The highest BCUT2D eigenvalue weighted by Gasteiger charge is 2.78. The first kappa shape index (κ1) is 31.3. The fraction of sp³-hybridized carbons (Fsp3) is 0.774. The fourth-order valence-electron chi connectivity index (χ4n) is 7.51. The second-order valence-corrected chi connectivity index (χ2v) is 13.6. The summed E-state index contributed by atoms with van der Waals surface area (Å²) >= 11 is 0. The van der Waals surface area contributed by atoms with Gasteiger partial charge in [-0.1, -0.05) is 32.9 Å². The highest BCUT2D eigenvalue weighted by Crippen LogP contribution is 2.63. The Morgan fingerprint density at radius 2 is 1.85 bits per heavy atom. The molecular weight excluding hydrogens is 496 g/mol. The molecule has 1 N–H and O–H groups in total. The van der Waals surface area contributed by atoms with Crippen LogP contribution in [0.1, 0.15) is 86.5 Å². The van der Waals surface area contributed by atoms with Gasteiger partial charge in [-0.05, 0) is 71.1 Å². The molecule has 1 spiro atoms. The van der Waals surface area contributed by atoms with Crippen molar-refractivity contribution in [3.8, 4) is 0 Å². The molecule has 5 atom stereocenters. The zero-order valence-electron chi connectivity index (χ0n) is 25.0. The maximum absolute atomic E-state index is 14.7. The molecule has 0 aromatic carbocycles. The van der Waals surface area contributed by atoms with Gasteiger partial charge < -0.3 is 24.4 Å². The van der Waals surface area contributed by atoms with Crippen molar-refractivity contribution in [1.29, 1.82) is 0 Å². The number of aliphatic hydroxyl groups is 1. The van der Waals surface area contributed by atoms with Crippen LogP contribution in [-0.2, 0) is 23.9 Å². The van der Waals surface area contributed by atoms with Gasteiger partial charge in [0.15, 0.2) is 0 Å². The number of esters is 1. The summed E-state index contributed by atoms with van der Waals surface area (Å²) in [6, 6.07) is -0.837. The van der Waals surface area contributed by atoms with Crippen LogP contribution in [0, 0.1) is 17.3 Å². The lowest BCUT2D eigenvalue weighted by atomic mass is 9.66. The third-order valence-corrected chi connectivity index (χ3v) is 8.66. The molecule has 0 saturated carbocycles. The average molecular weight is 547 g/mol. The van der Waals surface area contributed by atoms with E-state index in [1.165, 1.54) is 0 Å². The normalized spacial score (nSPS) is 29.9. The molecule has 3 aliphatic heterocycles. The topological polar surface area (TPSA) is 96.4 Å². The van der Waals surface area contributed by atoms with Gasteiger partial charge in [0.2, 0.25) is 11.8 Å². The molecule has 0 aromatic heterocycles. The number of ether oxygens (including phenoxy) is 2. The van der Waals surface area contributed by atoms with Crippen molar-refractivity contribution < 1.29 is 29.0 Å². The molecule has 0 aliphatic carbocycles. The summed E-state index contributed by atoms with van der Waals surface area (Å²) in [5.41, 5.74) is -2.49. The Morgan fingerprint density at radius 3 is 2.44 bits per heavy atom. The minimum Gasteiger partial charge on any atom is -0.465 e. The summed E-state index contributed by atoms with van der Waals surface area (Å²) in [5, 5.41) is 9.27. The maximum Gasteiger partial charge on any atom is 0.312 e. The summed E-state index contributed by atoms with van der Waals surface area (Å²) in [5.74, 6) is -2.35. The molecule has 8 heteroatoms. The molecule has 8 nitrogen and oxygen atoms in total. The number of aliphatic hydroxyl groups excluding tert-OH is 1. The molecule has 39 heavy (non-hydrogen) atoms. The van der Waals surface area contributed by atoms with E-state index in [2.05, 4.69) is 47.8 Å². The Hall–Kier alpha value is -2.19. The molecular formula is C31H50N2O6. The first-order valence-electron chi connectivity index (χ1n) is 14.5. The van der Waals surface area contributed by atoms with Gasteiger partial charge in [0.05, 0.1) is 18.1 Å². The zero-order chi connectivity index (χ0) is 29.2. The number of unbranched alkanes of at least 4 members (excludes halogenated alkanes) is 2. The van der Waals surface area contributed by atoms with Crippen LogP contribution >= 0.6 is 0 Å². The Kier molecular flexibility index (Phi) is 9.43. The van der Waals surface area contributed by atoms with Crippen LogP contribution in [0.5, 0.6) is 0 Å². The largest absolute Gasteiger partial charge is 0.465 e. The molecule has 220 valence electrons. The van der Waals surface area contributed by atoms with E-state index in [-0.39, 0.29) is 30.4 Å². The highest BCUT2D eigenvalue weighted by atomic mass is 16.6. The summed E-state index contributed by atoms with van der Waals surface area (Å²) in [4.78, 5) is 45.7. The number of carbonyl (C=O) groups excluding carboxylic acids is 3. The van der Waals surface area contributed by atoms with Crippen LogP contribution < -0.4 is 0 Å². The molecule has 0 radical (unpaired) electrons. The Labute approximate surface area is 234 Å². The number of carbonyl (C=O) groups is 3. The average Bonchev–Trinajstić information content (AvgIpc) is 3.39. The van der Waals surface area contributed by atoms with Gasteiger partial charge in [0.25, 0.3) is 0 Å². The predicted molar refractivity (Wildman–Crippen MR) is 151 cm³/mol. The Morgan fingerprint density at radius 1 is 1.15 bits per heavy atom. The maximum atomic E-state index is 14.7. The summed E-state index contributed by atoms with van der Waals surface area (Å²) in [6.07, 6.45) is 7.81. The van der Waals surface area contributed by atoms with Crippen molar-refractivity contribution in [2.45, 2.75) is 109 Å². The lowest BCUT2D eigenvalue weighted by molar-refractivity contribution is -0.161. The third-order valence-electron chi connectivity index (χ3n) is 8.66. The van der Waals surface area contributed by atoms with E-state index in [4.69, 9.17) is 9.47 Å². The first-order chi connectivity index (χ1) is 18.2. The number of hydrogen-bond acceptors (Lipinski definition) is 6. The van der Waals surface area contributed by atoms with Crippen LogP contribution in [-0.4, -0.2) is 81.8 Å². The molecule has 3 saturated heterocycles. The van der Waals surface area contributed by atoms with Crippen molar-refractivity contribution in [2.75, 3.05) is 26.3 Å². The monoisotopic (exact) mass is 546 g/mol. The number of amides is 2. The fourth-order valence-corrected chi connectivity index (χ4v) is 7.51. The van der Waals surface area contributed by atoms with Crippen LogP contribution in [0.3, 0.4) is 0 Å². The van der Waals surface area contributed by atoms with Crippen molar-refractivity contribution in [3.63, 3.8) is 0 Å². The van der Waals surface area contributed by atoms with E-state index in [0.29, 0.717) is 45.2 Å². The predicted octanol–water partition coefficient (Wildman–Crippen LogP) is 4.26. The first-order valence-corrected chi connectivity index (χ1v) is 14.5. The Balaban J connectivity index is 2.04. The zero-order valence-corrected chi connectivity index (χ0v) is 25.0. The molecule has 3 aliphatic rings. The van der Waals surface area contributed by atoms with Gasteiger partial charge in [-0.2, -0.15) is 0 Å².